The van der Waals surface area contributed by atoms with Crippen molar-refractivity contribution in [3.05, 3.63) is 65.1 Å². The zero-order valence-electron chi connectivity index (χ0n) is 16.4. The monoisotopic (exact) mass is 410 g/mol. The van der Waals surface area contributed by atoms with Crippen LogP contribution in [0.25, 0.3) is 5.69 Å². The number of likely N-dealkylation sites (tertiary alicyclic amines) is 1. The number of rotatable bonds is 4. The van der Waals surface area contributed by atoms with Crippen LogP contribution in [0.3, 0.4) is 0 Å². The van der Waals surface area contributed by atoms with Gasteiger partial charge in [0.05, 0.1) is 28.7 Å². The zero-order chi connectivity index (χ0) is 20.4. The van der Waals surface area contributed by atoms with E-state index in [1.807, 2.05) is 42.2 Å². The number of nitrogens with one attached hydrogen (secondary N) is 1. The molecule has 0 radical (unpaired) electrons. The van der Waals surface area contributed by atoms with E-state index in [9.17, 15) is 4.79 Å². The maximum Gasteiger partial charge on any atom is 0.256 e. The van der Waals surface area contributed by atoms with Gasteiger partial charge in [-0.15, -0.1) is 0 Å². The third kappa shape index (κ3) is 4.10. The van der Waals surface area contributed by atoms with E-state index in [0.717, 1.165) is 24.2 Å². The molecule has 7 nitrogen and oxygen atoms in total. The topological polar surface area (TPSA) is 75.9 Å². The molecule has 0 unspecified atom stereocenters. The highest BCUT2D eigenvalue weighted by Gasteiger charge is 2.33. The van der Waals surface area contributed by atoms with Gasteiger partial charge >= 0.3 is 0 Å². The van der Waals surface area contributed by atoms with E-state index in [-0.39, 0.29) is 18.0 Å². The Hall–Kier alpha value is -2.93. The van der Waals surface area contributed by atoms with Gasteiger partial charge in [-0.1, -0.05) is 17.7 Å². The molecular formula is C21H23ClN6O. The maximum atomic E-state index is 13.5. The summed E-state index contributed by atoms with van der Waals surface area (Å²) in [5.74, 6) is 0.748. The van der Waals surface area contributed by atoms with Crippen LogP contribution in [0, 0.1) is 6.92 Å². The summed E-state index contributed by atoms with van der Waals surface area (Å²) in [6.45, 7) is 4.78. The first kappa shape index (κ1) is 19.4. The summed E-state index contributed by atoms with van der Waals surface area (Å²) in [6.07, 6.45) is 6.73. The SMILES string of the molecule is Cc1ccc(C(=O)N2CCC[C@@H](Nc3ccc(Cl)cn3)[C@@H]2C)c(-n2nccn2)c1. The summed E-state index contributed by atoms with van der Waals surface area (Å²) >= 11 is 5.93. The Balaban J connectivity index is 1.58. The molecule has 0 aliphatic carbocycles. The molecule has 3 heterocycles. The van der Waals surface area contributed by atoms with Gasteiger partial charge in [0.2, 0.25) is 0 Å². The molecule has 0 bridgehead atoms. The molecule has 0 spiro atoms. The first-order valence-electron chi connectivity index (χ1n) is 9.69. The molecule has 4 rings (SSSR count). The van der Waals surface area contributed by atoms with Crippen molar-refractivity contribution >= 4 is 23.3 Å². The minimum absolute atomic E-state index is 0.00783. The van der Waals surface area contributed by atoms with Gasteiger partial charge in [-0.3, -0.25) is 4.79 Å². The lowest BCUT2D eigenvalue weighted by Crippen LogP contribution is -2.52. The highest BCUT2D eigenvalue weighted by atomic mass is 35.5. The number of halogens is 1. The number of aryl methyl sites for hydroxylation is 1. The lowest BCUT2D eigenvalue weighted by Gasteiger charge is -2.40. The molecular weight excluding hydrogens is 388 g/mol. The van der Waals surface area contributed by atoms with Crippen LogP contribution < -0.4 is 5.32 Å². The minimum Gasteiger partial charge on any atom is -0.365 e. The van der Waals surface area contributed by atoms with Crippen molar-refractivity contribution in [3.8, 4) is 5.69 Å². The molecule has 150 valence electrons. The van der Waals surface area contributed by atoms with Gasteiger partial charge in [-0.2, -0.15) is 15.0 Å². The number of carbonyl (C=O) groups is 1. The molecule has 1 aliphatic rings. The molecule has 1 aromatic carbocycles. The van der Waals surface area contributed by atoms with Crippen LogP contribution in [0.4, 0.5) is 5.82 Å². The van der Waals surface area contributed by atoms with Crippen LogP contribution in [0.5, 0.6) is 0 Å². The first-order chi connectivity index (χ1) is 14.0. The number of piperidine rings is 1. The number of nitrogens with zero attached hydrogens (tertiary/aromatic N) is 5. The van der Waals surface area contributed by atoms with E-state index >= 15 is 0 Å². The number of aromatic nitrogens is 4. The van der Waals surface area contributed by atoms with Gasteiger partial charge in [-0.25, -0.2) is 4.98 Å². The van der Waals surface area contributed by atoms with Crippen molar-refractivity contribution in [2.75, 3.05) is 11.9 Å². The summed E-state index contributed by atoms with van der Waals surface area (Å²) < 4.78 is 0. The number of amides is 1. The van der Waals surface area contributed by atoms with Crippen molar-refractivity contribution in [2.45, 2.75) is 38.8 Å². The van der Waals surface area contributed by atoms with Crippen LogP contribution in [0.2, 0.25) is 5.02 Å². The average Bonchev–Trinajstić information content (AvgIpc) is 3.25. The Morgan fingerprint density at radius 2 is 2.00 bits per heavy atom. The zero-order valence-corrected chi connectivity index (χ0v) is 17.2. The molecule has 29 heavy (non-hydrogen) atoms. The summed E-state index contributed by atoms with van der Waals surface area (Å²) in [6, 6.07) is 9.53. The van der Waals surface area contributed by atoms with Crippen molar-refractivity contribution in [2.24, 2.45) is 0 Å². The van der Waals surface area contributed by atoms with E-state index in [1.54, 1.807) is 18.6 Å². The fourth-order valence-corrected chi connectivity index (χ4v) is 3.87. The summed E-state index contributed by atoms with van der Waals surface area (Å²) in [7, 11) is 0. The predicted molar refractivity (Wildman–Crippen MR) is 112 cm³/mol. The van der Waals surface area contributed by atoms with Crippen molar-refractivity contribution in [3.63, 3.8) is 0 Å². The Labute approximate surface area is 174 Å². The number of benzene rings is 1. The molecule has 1 amide bonds. The third-order valence-corrected chi connectivity index (χ3v) is 5.55. The van der Waals surface area contributed by atoms with Gasteiger partial charge in [0.15, 0.2) is 0 Å². The summed E-state index contributed by atoms with van der Waals surface area (Å²) in [5.41, 5.74) is 2.35. The molecule has 2 aromatic heterocycles. The second kappa shape index (κ2) is 8.21. The van der Waals surface area contributed by atoms with Crippen LogP contribution in [0.15, 0.2) is 48.9 Å². The Kier molecular flexibility index (Phi) is 5.49. The van der Waals surface area contributed by atoms with Crippen LogP contribution in [-0.4, -0.2) is 49.4 Å². The standard InChI is InChI=1S/C21H23ClN6O/c1-14-5-7-17(19(12-14)28-24-9-10-25-28)21(29)27-11-3-4-18(15(27)2)26-20-8-6-16(22)13-23-20/h5-10,12-13,15,18H,3-4,11H2,1-2H3,(H,23,26)/t15-,18+/m0/s1. The van der Waals surface area contributed by atoms with Gasteiger partial charge in [0.1, 0.15) is 5.82 Å². The van der Waals surface area contributed by atoms with Gasteiger partial charge in [-0.05, 0) is 56.5 Å². The fourth-order valence-electron chi connectivity index (χ4n) is 3.76. The van der Waals surface area contributed by atoms with E-state index in [0.29, 0.717) is 22.8 Å². The van der Waals surface area contributed by atoms with E-state index in [1.165, 1.54) is 4.80 Å². The lowest BCUT2D eigenvalue weighted by molar-refractivity contribution is 0.0616. The third-order valence-electron chi connectivity index (χ3n) is 5.33. The average molecular weight is 411 g/mol. The molecule has 1 aliphatic heterocycles. The van der Waals surface area contributed by atoms with E-state index < -0.39 is 0 Å². The maximum absolute atomic E-state index is 13.5. The second-order valence-corrected chi connectivity index (χ2v) is 7.77. The Morgan fingerprint density at radius 3 is 2.72 bits per heavy atom. The van der Waals surface area contributed by atoms with Crippen molar-refractivity contribution in [1.29, 1.82) is 0 Å². The van der Waals surface area contributed by atoms with Crippen molar-refractivity contribution < 1.29 is 4.79 Å². The number of pyridine rings is 1. The van der Waals surface area contributed by atoms with Gasteiger partial charge in [0, 0.05) is 24.8 Å². The quantitative estimate of drug-likeness (QED) is 0.709. The predicted octanol–water partition coefficient (Wildman–Crippen LogP) is 3.73. The lowest BCUT2D eigenvalue weighted by atomic mass is 9.96. The highest BCUT2D eigenvalue weighted by molar-refractivity contribution is 6.30. The smallest absolute Gasteiger partial charge is 0.256 e. The highest BCUT2D eigenvalue weighted by Crippen LogP contribution is 2.25. The van der Waals surface area contributed by atoms with Crippen LogP contribution >= 0.6 is 11.6 Å². The molecule has 2 atom stereocenters. The number of hydrogen-bond donors (Lipinski definition) is 1. The number of anilines is 1. The molecule has 1 saturated heterocycles. The number of carbonyl (C=O) groups excluding carboxylic acids is 1. The summed E-state index contributed by atoms with van der Waals surface area (Å²) in [5, 5.41) is 12.5. The van der Waals surface area contributed by atoms with Crippen molar-refractivity contribution in [1.82, 2.24) is 24.9 Å². The molecule has 0 saturated carbocycles. The second-order valence-electron chi connectivity index (χ2n) is 7.33. The van der Waals surface area contributed by atoms with Gasteiger partial charge < -0.3 is 10.2 Å². The Bertz CT molecular complexity index is 989. The summed E-state index contributed by atoms with van der Waals surface area (Å²) in [4.78, 5) is 21.2. The molecule has 1 fully saturated rings. The molecule has 1 N–H and O–H groups in total. The molecule has 8 heteroatoms. The van der Waals surface area contributed by atoms with Gasteiger partial charge in [0.25, 0.3) is 5.91 Å². The first-order valence-corrected chi connectivity index (χ1v) is 10.1. The van der Waals surface area contributed by atoms with Crippen LogP contribution in [-0.2, 0) is 0 Å². The van der Waals surface area contributed by atoms with E-state index in [2.05, 4.69) is 27.4 Å². The van der Waals surface area contributed by atoms with E-state index in [4.69, 9.17) is 11.6 Å². The largest absolute Gasteiger partial charge is 0.365 e. The van der Waals surface area contributed by atoms with Crippen LogP contribution in [0.1, 0.15) is 35.7 Å². The number of hydrogen-bond acceptors (Lipinski definition) is 5. The normalized spacial score (nSPS) is 19.2. The molecule has 3 aromatic rings. The Morgan fingerprint density at radius 1 is 1.21 bits per heavy atom. The fraction of sp³-hybridized carbons (Fsp3) is 0.333. The minimum atomic E-state index is -0.0136.